The summed E-state index contributed by atoms with van der Waals surface area (Å²) in [5.74, 6) is -0.105. The Morgan fingerprint density at radius 3 is 2.72 bits per heavy atom. The Bertz CT molecular complexity index is 602. The zero-order valence-corrected chi connectivity index (χ0v) is 19.0. The number of carboxylic acid groups (broad SMARTS) is 1. The van der Waals surface area contributed by atoms with E-state index >= 15 is 0 Å². The Labute approximate surface area is 181 Å². The van der Waals surface area contributed by atoms with Gasteiger partial charge in [-0.2, -0.15) is 0 Å². The monoisotopic (exact) mass is 444 g/mol. The molecule has 0 saturated carbocycles. The van der Waals surface area contributed by atoms with Gasteiger partial charge in [0, 0.05) is 37.1 Å². The van der Waals surface area contributed by atoms with Crippen molar-refractivity contribution in [1.82, 2.24) is 10.3 Å². The summed E-state index contributed by atoms with van der Waals surface area (Å²) in [5, 5.41) is 12.5. The zero-order chi connectivity index (χ0) is 21.5. The van der Waals surface area contributed by atoms with Crippen LogP contribution in [-0.2, 0) is 19.1 Å². The molecule has 9 heteroatoms. The maximum absolute atomic E-state index is 12.2. The molecule has 1 aromatic rings. The first-order chi connectivity index (χ1) is 13.8. The number of carbonyl (C=O) groups is 2. The molecule has 0 aliphatic carbocycles. The molecule has 1 rings (SSSR count). The van der Waals surface area contributed by atoms with E-state index in [-0.39, 0.29) is 30.6 Å². The molecule has 1 aromatic heterocycles. The molecule has 0 radical (unpaired) electrons. The zero-order valence-electron chi connectivity index (χ0n) is 17.4. The van der Waals surface area contributed by atoms with Gasteiger partial charge in [-0.25, -0.2) is 4.98 Å². The van der Waals surface area contributed by atoms with Gasteiger partial charge in [0.25, 0.3) is 0 Å². The molecule has 0 fully saturated rings. The molecule has 29 heavy (non-hydrogen) atoms. The predicted octanol–water partition coefficient (Wildman–Crippen LogP) is 3.78. The molecule has 1 amide bonds. The molecule has 0 spiro atoms. The number of aliphatic carboxylic acids is 1. The number of carbonyl (C=O) groups excluding carboxylic acids is 1. The van der Waals surface area contributed by atoms with Gasteiger partial charge >= 0.3 is 5.97 Å². The van der Waals surface area contributed by atoms with Crippen molar-refractivity contribution in [3.05, 3.63) is 24.4 Å². The van der Waals surface area contributed by atoms with Crippen LogP contribution in [0.5, 0.6) is 0 Å². The lowest BCUT2D eigenvalue weighted by molar-refractivity contribution is -0.138. The van der Waals surface area contributed by atoms with Crippen molar-refractivity contribution in [3.8, 4) is 0 Å². The van der Waals surface area contributed by atoms with E-state index in [9.17, 15) is 9.59 Å². The van der Waals surface area contributed by atoms with Gasteiger partial charge in [-0.05, 0) is 56.5 Å². The van der Waals surface area contributed by atoms with Crippen molar-refractivity contribution in [3.63, 3.8) is 0 Å². The van der Waals surface area contributed by atoms with Crippen LogP contribution in [0.1, 0.15) is 46.5 Å². The average molecular weight is 445 g/mol. The fraction of sp³-hybridized carbons (Fsp3) is 0.650. The first-order valence-corrected chi connectivity index (χ1v) is 12.0. The Morgan fingerprint density at radius 1 is 1.24 bits per heavy atom. The molecule has 0 aromatic carbocycles. The van der Waals surface area contributed by atoms with Gasteiger partial charge in [0.15, 0.2) is 0 Å². The van der Waals surface area contributed by atoms with Crippen LogP contribution < -0.4 is 5.32 Å². The molecule has 164 valence electrons. The number of nitrogens with one attached hydrogen (secondary N) is 1. The van der Waals surface area contributed by atoms with Crippen LogP contribution in [0.4, 0.5) is 0 Å². The van der Waals surface area contributed by atoms with Gasteiger partial charge in [0.2, 0.25) is 5.91 Å². The summed E-state index contributed by atoms with van der Waals surface area (Å²) >= 11 is 0. The van der Waals surface area contributed by atoms with Gasteiger partial charge in [-0.1, -0.05) is 16.9 Å². The molecular formula is C20H32N2O5S2. The maximum Gasteiger partial charge on any atom is 0.305 e. The summed E-state index contributed by atoms with van der Waals surface area (Å²) in [6.45, 7) is 7.17. The van der Waals surface area contributed by atoms with Crippen LogP contribution in [0.3, 0.4) is 0 Å². The fourth-order valence-corrected chi connectivity index (χ4v) is 4.11. The lowest BCUT2D eigenvalue weighted by Gasteiger charge is -2.27. The van der Waals surface area contributed by atoms with E-state index in [1.54, 1.807) is 27.8 Å². The minimum atomic E-state index is -0.857. The van der Waals surface area contributed by atoms with E-state index in [1.165, 1.54) is 0 Å². The highest BCUT2D eigenvalue weighted by molar-refractivity contribution is 8.76. The summed E-state index contributed by atoms with van der Waals surface area (Å²) in [4.78, 5) is 26.8. The number of pyridine rings is 1. The molecule has 1 atom stereocenters. The number of rotatable bonds is 16. The molecule has 2 N–H and O–H groups in total. The third-order valence-corrected chi connectivity index (χ3v) is 6.20. The number of hydrogen-bond acceptors (Lipinski definition) is 7. The number of aromatic nitrogens is 1. The van der Waals surface area contributed by atoms with Crippen LogP contribution in [0.2, 0.25) is 0 Å². The van der Waals surface area contributed by atoms with Crippen LogP contribution >= 0.6 is 21.6 Å². The lowest BCUT2D eigenvalue weighted by Crippen LogP contribution is -2.44. The molecule has 0 bridgehead atoms. The standard InChI is InChI=1S/C20H32N2O5S2/c1-16(7-12-26-13-8-19(24)25)27-14-10-20(2,3)22-17(23)9-15-28-29-18-6-4-5-11-21-18/h4-6,11,16H,7-10,12-15H2,1-3H3,(H,22,23)(H,24,25). The van der Waals surface area contributed by atoms with Gasteiger partial charge < -0.3 is 19.9 Å². The van der Waals surface area contributed by atoms with Crippen LogP contribution in [0.15, 0.2) is 29.4 Å². The van der Waals surface area contributed by atoms with E-state index in [0.29, 0.717) is 32.5 Å². The Balaban J connectivity index is 2.09. The van der Waals surface area contributed by atoms with Crippen LogP contribution in [0.25, 0.3) is 0 Å². The summed E-state index contributed by atoms with van der Waals surface area (Å²) < 4.78 is 11.0. The second kappa shape index (κ2) is 14.7. The number of hydrogen-bond donors (Lipinski definition) is 2. The lowest BCUT2D eigenvalue weighted by atomic mass is 10.0. The maximum atomic E-state index is 12.2. The van der Waals surface area contributed by atoms with Crippen molar-refractivity contribution >= 4 is 33.5 Å². The third-order valence-electron chi connectivity index (χ3n) is 3.93. The average Bonchev–Trinajstić information content (AvgIpc) is 2.65. The highest BCUT2D eigenvalue weighted by Gasteiger charge is 2.20. The molecule has 0 saturated heterocycles. The first kappa shape index (κ1) is 25.7. The quantitative estimate of drug-likeness (QED) is 0.294. The molecule has 7 nitrogen and oxygen atoms in total. The normalized spacial score (nSPS) is 12.5. The van der Waals surface area contributed by atoms with E-state index in [2.05, 4.69) is 10.3 Å². The summed E-state index contributed by atoms with van der Waals surface area (Å²) in [5.41, 5.74) is -0.340. The summed E-state index contributed by atoms with van der Waals surface area (Å²) in [6.07, 6.45) is 3.66. The van der Waals surface area contributed by atoms with Crippen molar-refractivity contribution in [2.75, 3.05) is 25.6 Å². The van der Waals surface area contributed by atoms with Crippen molar-refractivity contribution in [1.29, 1.82) is 0 Å². The van der Waals surface area contributed by atoms with E-state index in [0.717, 1.165) is 10.8 Å². The SMILES string of the molecule is CC(CCOCCC(=O)O)OCCC(C)(C)NC(=O)CCSSc1ccccn1. The van der Waals surface area contributed by atoms with E-state index in [1.807, 2.05) is 39.0 Å². The van der Waals surface area contributed by atoms with Crippen molar-refractivity contribution in [2.24, 2.45) is 0 Å². The number of ether oxygens (including phenoxy) is 2. The second-order valence-electron chi connectivity index (χ2n) is 7.23. The predicted molar refractivity (Wildman–Crippen MR) is 117 cm³/mol. The highest BCUT2D eigenvalue weighted by Crippen LogP contribution is 2.29. The van der Waals surface area contributed by atoms with Crippen molar-refractivity contribution < 1.29 is 24.2 Å². The molecule has 0 aliphatic heterocycles. The third kappa shape index (κ3) is 14.4. The highest BCUT2D eigenvalue weighted by atomic mass is 33.1. The summed E-state index contributed by atoms with van der Waals surface area (Å²) in [7, 11) is 3.19. The smallest absolute Gasteiger partial charge is 0.305 e. The minimum Gasteiger partial charge on any atom is -0.481 e. The fourth-order valence-electron chi connectivity index (χ4n) is 2.24. The first-order valence-electron chi connectivity index (χ1n) is 9.71. The van der Waals surface area contributed by atoms with Crippen molar-refractivity contribution in [2.45, 2.75) is 63.1 Å². The number of amides is 1. The Hall–Kier alpha value is -1.29. The minimum absolute atomic E-state index is 0.0173. The second-order valence-corrected chi connectivity index (χ2v) is 9.67. The summed E-state index contributed by atoms with van der Waals surface area (Å²) in [6, 6.07) is 5.77. The van der Waals surface area contributed by atoms with Gasteiger partial charge in [0.1, 0.15) is 5.03 Å². The van der Waals surface area contributed by atoms with Crippen LogP contribution in [0, 0.1) is 0 Å². The molecular weight excluding hydrogens is 412 g/mol. The van der Waals surface area contributed by atoms with Crippen LogP contribution in [-0.4, -0.2) is 59.2 Å². The Morgan fingerprint density at radius 2 is 2.03 bits per heavy atom. The number of carboxylic acids is 1. The number of nitrogens with zero attached hydrogens (tertiary/aromatic N) is 1. The Kier molecular flexibility index (Phi) is 13.0. The van der Waals surface area contributed by atoms with E-state index in [4.69, 9.17) is 14.6 Å². The largest absolute Gasteiger partial charge is 0.481 e. The van der Waals surface area contributed by atoms with Gasteiger partial charge in [-0.15, -0.1) is 0 Å². The van der Waals surface area contributed by atoms with Gasteiger partial charge in [0.05, 0.1) is 19.1 Å². The molecule has 1 heterocycles. The van der Waals surface area contributed by atoms with Gasteiger partial charge in [-0.3, -0.25) is 9.59 Å². The topological polar surface area (TPSA) is 97.8 Å². The van der Waals surface area contributed by atoms with E-state index < -0.39 is 5.97 Å². The molecule has 1 unspecified atom stereocenters. The molecule has 0 aliphatic rings.